The Kier molecular flexibility index (Phi) is 3.56. The number of nitrogens with zero attached hydrogens (tertiary/aromatic N) is 3. The molecule has 0 fully saturated rings. The van der Waals surface area contributed by atoms with Crippen LogP contribution in [-0.4, -0.2) is 14.9 Å². The van der Waals surface area contributed by atoms with Crippen LogP contribution < -0.4 is 10.5 Å². The van der Waals surface area contributed by atoms with E-state index in [0.717, 1.165) is 6.20 Å². The maximum Gasteiger partial charge on any atom is 0.312 e. The van der Waals surface area contributed by atoms with Gasteiger partial charge < -0.3 is 10.5 Å². The molecule has 2 rings (SSSR count). The number of anilines is 1. The van der Waals surface area contributed by atoms with Crippen LogP contribution in [0.4, 0.5) is 16.0 Å². The van der Waals surface area contributed by atoms with E-state index in [1.54, 1.807) is 0 Å². The number of nitro benzene ring substituents is 1. The number of aromatic nitrogens is 2. The lowest BCUT2D eigenvalue weighted by molar-refractivity contribution is -0.385. The minimum absolute atomic E-state index is 0.148. The first-order valence-electron chi connectivity index (χ1n) is 4.87. The van der Waals surface area contributed by atoms with Gasteiger partial charge in [-0.3, -0.25) is 10.1 Å². The first-order chi connectivity index (χ1) is 8.97. The predicted molar refractivity (Wildman–Crippen MR) is 67.3 cm³/mol. The van der Waals surface area contributed by atoms with Gasteiger partial charge >= 0.3 is 5.69 Å². The lowest BCUT2D eigenvalue weighted by Crippen LogP contribution is -2.01. The highest BCUT2D eigenvalue weighted by molar-refractivity contribution is 9.10. The number of ether oxygens (including phenoxy) is 1. The van der Waals surface area contributed by atoms with Gasteiger partial charge in [0.25, 0.3) is 5.88 Å². The third kappa shape index (κ3) is 2.94. The maximum absolute atomic E-state index is 13.4. The van der Waals surface area contributed by atoms with Crippen molar-refractivity contribution in [2.45, 2.75) is 0 Å². The maximum atomic E-state index is 13.4. The van der Waals surface area contributed by atoms with Crippen molar-refractivity contribution in [3.63, 3.8) is 0 Å². The quantitative estimate of drug-likeness (QED) is 0.686. The number of rotatable bonds is 3. The Morgan fingerprint density at radius 2 is 2.21 bits per heavy atom. The second-order valence-electron chi connectivity index (χ2n) is 3.35. The summed E-state index contributed by atoms with van der Waals surface area (Å²) >= 11 is 3.10. The number of nitrogen functional groups attached to an aromatic ring is 1. The number of halogens is 2. The molecule has 0 aliphatic rings. The molecule has 0 bridgehead atoms. The second kappa shape index (κ2) is 5.14. The molecule has 0 aliphatic carbocycles. The Bertz CT molecular complexity index is 653. The Labute approximate surface area is 114 Å². The molecule has 0 radical (unpaired) electrons. The molecule has 2 aromatic rings. The van der Waals surface area contributed by atoms with Gasteiger partial charge in [0, 0.05) is 10.5 Å². The van der Waals surface area contributed by atoms with Gasteiger partial charge in [0.1, 0.15) is 0 Å². The molecule has 9 heteroatoms. The molecule has 0 saturated heterocycles. The molecule has 1 heterocycles. The average Bonchev–Trinajstić information content (AvgIpc) is 2.35. The van der Waals surface area contributed by atoms with Crippen molar-refractivity contribution in [2.24, 2.45) is 0 Å². The van der Waals surface area contributed by atoms with Gasteiger partial charge in [0.05, 0.1) is 11.1 Å². The minimum atomic E-state index is -0.869. The Balaban J connectivity index is 2.43. The third-order valence-electron chi connectivity index (χ3n) is 2.05. The van der Waals surface area contributed by atoms with Gasteiger partial charge in [-0.05, 0) is 12.1 Å². The van der Waals surface area contributed by atoms with Crippen molar-refractivity contribution in [1.82, 2.24) is 9.97 Å². The average molecular weight is 329 g/mol. The van der Waals surface area contributed by atoms with Gasteiger partial charge in [-0.1, -0.05) is 15.9 Å². The first-order valence-corrected chi connectivity index (χ1v) is 5.66. The summed E-state index contributed by atoms with van der Waals surface area (Å²) in [4.78, 5) is 17.2. The largest absolute Gasteiger partial charge is 0.429 e. The van der Waals surface area contributed by atoms with Crippen LogP contribution in [0.15, 0.2) is 28.9 Å². The summed E-state index contributed by atoms with van der Waals surface area (Å²) in [6.45, 7) is 0. The van der Waals surface area contributed by atoms with E-state index >= 15 is 0 Å². The molecule has 1 aromatic carbocycles. The van der Waals surface area contributed by atoms with Gasteiger partial charge in [-0.15, -0.1) is 0 Å². The lowest BCUT2D eigenvalue weighted by Gasteiger charge is -2.06. The van der Waals surface area contributed by atoms with Crippen molar-refractivity contribution < 1.29 is 14.1 Å². The summed E-state index contributed by atoms with van der Waals surface area (Å²) in [5, 5.41) is 10.9. The van der Waals surface area contributed by atoms with Crippen molar-refractivity contribution in [3.8, 4) is 11.6 Å². The Morgan fingerprint density at radius 3 is 2.89 bits per heavy atom. The van der Waals surface area contributed by atoms with E-state index in [1.165, 1.54) is 18.2 Å². The normalized spacial score (nSPS) is 10.2. The zero-order valence-corrected chi connectivity index (χ0v) is 10.8. The number of nitro groups is 1. The molecule has 98 valence electrons. The zero-order valence-electron chi connectivity index (χ0n) is 9.21. The van der Waals surface area contributed by atoms with Crippen molar-refractivity contribution in [1.29, 1.82) is 0 Å². The Morgan fingerprint density at radius 1 is 1.47 bits per heavy atom. The molecule has 0 saturated carbocycles. The van der Waals surface area contributed by atoms with E-state index in [1.807, 2.05) is 0 Å². The summed E-state index contributed by atoms with van der Waals surface area (Å²) in [5.41, 5.74) is 4.97. The molecule has 0 aliphatic heterocycles. The van der Waals surface area contributed by atoms with E-state index in [0.29, 0.717) is 4.47 Å². The van der Waals surface area contributed by atoms with E-state index in [9.17, 15) is 14.5 Å². The highest BCUT2D eigenvalue weighted by Gasteiger charge is 2.18. The zero-order chi connectivity index (χ0) is 14.0. The molecule has 2 N–H and O–H groups in total. The SMILES string of the molecule is Nc1ncc(F)c(Oc2ccc(Br)cc2[N+](=O)[O-])n1. The summed E-state index contributed by atoms with van der Waals surface area (Å²) in [5.74, 6) is -1.69. The number of benzene rings is 1. The van der Waals surface area contributed by atoms with Gasteiger partial charge in [-0.2, -0.15) is 9.37 Å². The fourth-order valence-electron chi connectivity index (χ4n) is 1.26. The summed E-state index contributed by atoms with van der Waals surface area (Å²) < 4.78 is 18.9. The van der Waals surface area contributed by atoms with Crippen molar-refractivity contribution in [2.75, 3.05) is 5.73 Å². The summed E-state index contributed by atoms with van der Waals surface area (Å²) in [6, 6.07) is 4.07. The topological polar surface area (TPSA) is 104 Å². The van der Waals surface area contributed by atoms with Crippen LogP contribution in [0.2, 0.25) is 0 Å². The van der Waals surface area contributed by atoms with Crippen LogP contribution in [0.25, 0.3) is 0 Å². The predicted octanol–water partition coefficient (Wildman–Crippen LogP) is 2.66. The molecule has 19 heavy (non-hydrogen) atoms. The lowest BCUT2D eigenvalue weighted by atomic mass is 10.3. The van der Waals surface area contributed by atoms with Crippen LogP contribution in [0, 0.1) is 15.9 Å². The van der Waals surface area contributed by atoms with Crippen LogP contribution in [0.1, 0.15) is 0 Å². The summed E-state index contributed by atoms with van der Waals surface area (Å²) in [7, 11) is 0. The number of hydrogen-bond donors (Lipinski definition) is 1. The molecular weight excluding hydrogens is 323 g/mol. The van der Waals surface area contributed by atoms with Gasteiger partial charge in [0.2, 0.25) is 17.5 Å². The third-order valence-corrected chi connectivity index (χ3v) is 2.55. The van der Waals surface area contributed by atoms with Crippen LogP contribution in [0.3, 0.4) is 0 Å². The number of hydrogen-bond acceptors (Lipinski definition) is 6. The molecule has 0 amide bonds. The fourth-order valence-corrected chi connectivity index (χ4v) is 1.61. The molecule has 0 unspecified atom stereocenters. The first kappa shape index (κ1) is 13.1. The van der Waals surface area contributed by atoms with Gasteiger partial charge in [0.15, 0.2) is 0 Å². The highest BCUT2D eigenvalue weighted by atomic mass is 79.9. The molecule has 0 spiro atoms. The van der Waals surface area contributed by atoms with E-state index in [4.69, 9.17) is 10.5 Å². The minimum Gasteiger partial charge on any atom is -0.429 e. The van der Waals surface area contributed by atoms with Crippen LogP contribution >= 0.6 is 15.9 Å². The number of nitrogens with two attached hydrogens (primary N) is 1. The van der Waals surface area contributed by atoms with Crippen molar-refractivity contribution >= 4 is 27.6 Å². The standard InChI is InChI=1S/C10H6BrFN4O3/c11-5-1-2-8(7(3-5)16(17)18)19-9-6(12)4-14-10(13)15-9/h1-4H,(H2,13,14,15). The second-order valence-corrected chi connectivity index (χ2v) is 4.27. The van der Waals surface area contributed by atoms with E-state index in [2.05, 4.69) is 25.9 Å². The smallest absolute Gasteiger partial charge is 0.312 e. The molecule has 7 nitrogen and oxygen atoms in total. The molecule has 1 aromatic heterocycles. The van der Waals surface area contributed by atoms with E-state index in [-0.39, 0.29) is 17.4 Å². The van der Waals surface area contributed by atoms with Crippen LogP contribution in [-0.2, 0) is 0 Å². The van der Waals surface area contributed by atoms with Crippen LogP contribution in [0.5, 0.6) is 11.6 Å². The monoisotopic (exact) mass is 328 g/mol. The highest BCUT2D eigenvalue weighted by Crippen LogP contribution is 2.33. The van der Waals surface area contributed by atoms with Crippen molar-refractivity contribution in [3.05, 3.63) is 44.8 Å². The molecular formula is C10H6BrFN4O3. The Hall–Kier alpha value is -2.29. The van der Waals surface area contributed by atoms with E-state index < -0.39 is 16.6 Å². The molecule has 0 atom stereocenters. The van der Waals surface area contributed by atoms with Gasteiger partial charge in [-0.25, -0.2) is 4.98 Å². The summed E-state index contributed by atoms with van der Waals surface area (Å²) in [6.07, 6.45) is 0.822. The fraction of sp³-hybridized carbons (Fsp3) is 0.